The summed E-state index contributed by atoms with van der Waals surface area (Å²) in [5, 5.41) is 10.7. The van der Waals surface area contributed by atoms with Gasteiger partial charge in [0.1, 0.15) is 16.5 Å². The monoisotopic (exact) mass is 361 g/mol. The summed E-state index contributed by atoms with van der Waals surface area (Å²) in [4.78, 5) is 17.4. The number of aromatic nitrogens is 3. The molecule has 3 rings (SSSR count). The smallest absolute Gasteiger partial charge is 0.267 e. The molecule has 0 spiro atoms. The number of carbonyl (C=O) groups excluding carboxylic acids is 1. The fraction of sp³-hybridized carbons (Fsp3) is 0.529. The molecule has 3 heterocycles. The molecule has 8 heteroatoms. The van der Waals surface area contributed by atoms with Crippen molar-refractivity contribution < 1.29 is 9.53 Å². The van der Waals surface area contributed by atoms with Crippen LogP contribution in [-0.2, 0) is 0 Å². The fourth-order valence-electron chi connectivity index (χ4n) is 2.73. The highest BCUT2D eigenvalue weighted by Gasteiger charge is 2.23. The van der Waals surface area contributed by atoms with Crippen molar-refractivity contribution in [3.63, 3.8) is 0 Å². The number of nitrogens with two attached hydrogens (primary N) is 1. The Kier molecular flexibility index (Phi) is 5.47. The molecule has 134 valence electrons. The summed E-state index contributed by atoms with van der Waals surface area (Å²) in [6.45, 7) is 6.82. The molecule has 1 fully saturated rings. The highest BCUT2D eigenvalue weighted by atomic mass is 32.1. The third-order valence-electron chi connectivity index (χ3n) is 4.28. The van der Waals surface area contributed by atoms with Crippen LogP contribution in [0, 0.1) is 5.92 Å². The molecule has 7 nitrogen and oxygen atoms in total. The number of ether oxygens (including phenoxy) is 1. The van der Waals surface area contributed by atoms with Crippen LogP contribution < -0.4 is 15.4 Å². The number of amides is 1. The summed E-state index contributed by atoms with van der Waals surface area (Å²) in [7, 11) is 0. The molecule has 0 saturated carbocycles. The molecule has 2 N–H and O–H groups in total. The largest absolute Gasteiger partial charge is 0.493 e. The molecule has 1 amide bonds. The van der Waals surface area contributed by atoms with Crippen molar-refractivity contribution in [1.82, 2.24) is 15.2 Å². The van der Waals surface area contributed by atoms with Gasteiger partial charge in [-0.1, -0.05) is 25.2 Å². The van der Waals surface area contributed by atoms with Crippen molar-refractivity contribution in [3.8, 4) is 5.75 Å². The molecule has 2 aromatic heterocycles. The van der Waals surface area contributed by atoms with E-state index < -0.39 is 5.91 Å². The van der Waals surface area contributed by atoms with E-state index in [1.807, 2.05) is 0 Å². The van der Waals surface area contributed by atoms with Crippen LogP contribution in [0.2, 0.25) is 0 Å². The van der Waals surface area contributed by atoms with Crippen LogP contribution in [0.25, 0.3) is 0 Å². The third kappa shape index (κ3) is 4.45. The Bertz CT molecular complexity index is 725. The lowest BCUT2D eigenvalue weighted by Crippen LogP contribution is -2.35. The first kappa shape index (κ1) is 17.6. The van der Waals surface area contributed by atoms with Gasteiger partial charge in [0.25, 0.3) is 5.91 Å². The molecule has 25 heavy (non-hydrogen) atoms. The van der Waals surface area contributed by atoms with E-state index in [1.54, 1.807) is 29.7 Å². The van der Waals surface area contributed by atoms with Crippen LogP contribution in [0.3, 0.4) is 0 Å². The average Bonchev–Trinajstić information content (AvgIpc) is 3.11. The van der Waals surface area contributed by atoms with Crippen LogP contribution >= 0.6 is 11.3 Å². The zero-order valence-corrected chi connectivity index (χ0v) is 15.3. The van der Waals surface area contributed by atoms with Gasteiger partial charge in [0.15, 0.2) is 0 Å². The van der Waals surface area contributed by atoms with Crippen molar-refractivity contribution in [3.05, 3.63) is 29.0 Å². The molecule has 2 aromatic rings. The zero-order chi connectivity index (χ0) is 17.8. The lowest BCUT2D eigenvalue weighted by molar-refractivity contribution is 0.0995. The molecule has 0 aromatic carbocycles. The standard InChI is InChI=1S/C17H23N5O2S/c1-11(2)16-20-21-17(25-16)22-7-4-12(5-8-22)10-24-13-3-6-19-14(9-13)15(18)23/h3,6,9,11-12H,4-5,7-8,10H2,1-2H3,(H2,18,23). The van der Waals surface area contributed by atoms with E-state index in [9.17, 15) is 4.79 Å². The summed E-state index contributed by atoms with van der Waals surface area (Å²) < 4.78 is 5.82. The Hall–Kier alpha value is -2.22. The average molecular weight is 361 g/mol. The Morgan fingerprint density at radius 1 is 1.40 bits per heavy atom. The first-order valence-electron chi connectivity index (χ1n) is 8.50. The van der Waals surface area contributed by atoms with E-state index in [-0.39, 0.29) is 5.69 Å². The van der Waals surface area contributed by atoms with Crippen molar-refractivity contribution in [2.24, 2.45) is 11.7 Å². The van der Waals surface area contributed by atoms with Crippen LogP contribution in [0.5, 0.6) is 5.75 Å². The molecular weight excluding hydrogens is 338 g/mol. The minimum atomic E-state index is -0.545. The second-order valence-electron chi connectivity index (χ2n) is 6.56. The van der Waals surface area contributed by atoms with Crippen LogP contribution in [0.4, 0.5) is 5.13 Å². The molecular formula is C17H23N5O2S. The molecule has 0 radical (unpaired) electrons. The predicted molar refractivity (Wildman–Crippen MR) is 97.2 cm³/mol. The maximum atomic E-state index is 11.2. The topological polar surface area (TPSA) is 94.2 Å². The van der Waals surface area contributed by atoms with Crippen LogP contribution in [0.1, 0.15) is 48.1 Å². The lowest BCUT2D eigenvalue weighted by Gasteiger charge is -2.31. The van der Waals surface area contributed by atoms with E-state index in [0.29, 0.717) is 24.2 Å². The van der Waals surface area contributed by atoms with Gasteiger partial charge in [-0.05, 0) is 24.8 Å². The summed E-state index contributed by atoms with van der Waals surface area (Å²) in [6.07, 6.45) is 3.63. The van der Waals surface area contributed by atoms with Gasteiger partial charge in [-0.3, -0.25) is 9.78 Å². The van der Waals surface area contributed by atoms with Gasteiger partial charge in [-0.15, -0.1) is 10.2 Å². The van der Waals surface area contributed by atoms with Crippen molar-refractivity contribution in [1.29, 1.82) is 0 Å². The molecule has 1 saturated heterocycles. The van der Waals surface area contributed by atoms with E-state index >= 15 is 0 Å². The van der Waals surface area contributed by atoms with Gasteiger partial charge in [-0.2, -0.15) is 0 Å². The van der Waals surface area contributed by atoms with Gasteiger partial charge in [0.2, 0.25) is 5.13 Å². The van der Waals surface area contributed by atoms with Gasteiger partial charge in [0.05, 0.1) is 6.61 Å². The second-order valence-corrected chi connectivity index (χ2v) is 7.55. The number of rotatable bonds is 6. The van der Waals surface area contributed by atoms with Gasteiger partial charge in [-0.25, -0.2) is 0 Å². The first-order valence-corrected chi connectivity index (χ1v) is 9.31. The number of pyridine rings is 1. The fourth-order valence-corrected chi connectivity index (χ4v) is 3.63. The lowest BCUT2D eigenvalue weighted by atomic mass is 9.98. The van der Waals surface area contributed by atoms with Crippen molar-refractivity contribution in [2.45, 2.75) is 32.6 Å². The quantitative estimate of drug-likeness (QED) is 0.849. The molecule has 0 bridgehead atoms. The summed E-state index contributed by atoms with van der Waals surface area (Å²) in [6, 6.07) is 3.34. The maximum absolute atomic E-state index is 11.2. The van der Waals surface area contributed by atoms with Gasteiger partial charge >= 0.3 is 0 Å². The molecule has 0 unspecified atom stereocenters. The second kappa shape index (κ2) is 7.77. The highest BCUT2D eigenvalue weighted by Crippen LogP contribution is 2.29. The minimum absolute atomic E-state index is 0.226. The van der Waals surface area contributed by atoms with E-state index in [4.69, 9.17) is 10.5 Å². The number of primary amides is 1. The van der Waals surface area contributed by atoms with Gasteiger partial charge < -0.3 is 15.4 Å². The number of carbonyl (C=O) groups is 1. The Morgan fingerprint density at radius 3 is 2.80 bits per heavy atom. The third-order valence-corrected chi connectivity index (χ3v) is 5.56. The highest BCUT2D eigenvalue weighted by molar-refractivity contribution is 7.15. The molecule has 0 aliphatic carbocycles. The number of anilines is 1. The molecule has 1 aliphatic rings. The Morgan fingerprint density at radius 2 is 2.16 bits per heavy atom. The molecule has 1 aliphatic heterocycles. The molecule has 0 atom stereocenters. The Labute approximate surface area is 151 Å². The number of hydrogen-bond donors (Lipinski definition) is 1. The minimum Gasteiger partial charge on any atom is -0.493 e. The maximum Gasteiger partial charge on any atom is 0.267 e. The summed E-state index contributed by atoms with van der Waals surface area (Å²) >= 11 is 1.68. The SMILES string of the molecule is CC(C)c1nnc(N2CCC(COc3ccnc(C(N)=O)c3)CC2)s1. The normalized spacial score (nSPS) is 15.6. The van der Waals surface area contributed by atoms with Crippen LogP contribution in [-0.4, -0.2) is 40.8 Å². The van der Waals surface area contributed by atoms with Crippen LogP contribution in [0.15, 0.2) is 18.3 Å². The summed E-state index contributed by atoms with van der Waals surface area (Å²) in [5.74, 6) is 0.996. The van der Waals surface area contributed by atoms with E-state index in [1.165, 1.54) is 0 Å². The number of piperidine rings is 1. The van der Waals surface area contributed by atoms with Crippen molar-refractivity contribution in [2.75, 3.05) is 24.6 Å². The van der Waals surface area contributed by atoms with Gasteiger partial charge in [0, 0.05) is 31.3 Å². The van der Waals surface area contributed by atoms with E-state index in [0.717, 1.165) is 36.1 Å². The first-order chi connectivity index (χ1) is 12.0. The van der Waals surface area contributed by atoms with E-state index in [2.05, 4.69) is 33.9 Å². The van der Waals surface area contributed by atoms with Crippen molar-refractivity contribution >= 4 is 22.4 Å². The number of nitrogens with zero attached hydrogens (tertiary/aromatic N) is 4. The number of hydrogen-bond acceptors (Lipinski definition) is 7. The Balaban J connectivity index is 1.49. The predicted octanol–water partition coefficient (Wildman–Crippen LogP) is 2.45. The summed E-state index contributed by atoms with van der Waals surface area (Å²) in [5.41, 5.74) is 5.47. The zero-order valence-electron chi connectivity index (χ0n) is 14.5.